The number of carbonyl (C=O) groups is 1. The number of nitrogens with one attached hydrogen (secondary N) is 1. The number of allylic oxidation sites excluding steroid dienone is 2. The van der Waals surface area contributed by atoms with Gasteiger partial charge in [0.25, 0.3) is 0 Å². The van der Waals surface area contributed by atoms with Crippen LogP contribution in [-0.4, -0.2) is 56.2 Å². The molecule has 2 fully saturated rings. The highest BCUT2D eigenvalue weighted by molar-refractivity contribution is 7.89. The molecule has 1 aliphatic carbocycles. The largest absolute Gasteiger partial charge is 0.373 e. The Bertz CT molecular complexity index is 627. The highest BCUT2D eigenvalue weighted by atomic mass is 32.2. The summed E-state index contributed by atoms with van der Waals surface area (Å²) in [5.74, 6) is 0.0357. The summed E-state index contributed by atoms with van der Waals surface area (Å²) in [6.07, 6.45) is 1.92. The van der Waals surface area contributed by atoms with Crippen molar-refractivity contribution in [2.45, 2.75) is 53.8 Å². The molecule has 1 amide bonds. The fourth-order valence-electron chi connectivity index (χ4n) is 3.75. The van der Waals surface area contributed by atoms with Gasteiger partial charge in [-0.25, -0.2) is 8.42 Å². The van der Waals surface area contributed by atoms with Crippen LogP contribution in [0, 0.1) is 17.3 Å². The van der Waals surface area contributed by atoms with Gasteiger partial charge in [-0.2, -0.15) is 4.31 Å². The van der Waals surface area contributed by atoms with Crippen LogP contribution in [0.5, 0.6) is 0 Å². The van der Waals surface area contributed by atoms with Gasteiger partial charge in [0, 0.05) is 19.6 Å². The van der Waals surface area contributed by atoms with Crippen LogP contribution in [0.3, 0.4) is 0 Å². The van der Waals surface area contributed by atoms with E-state index in [0.29, 0.717) is 13.1 Å². The van der Waals surface area contributed by atoms with E-state index in [1.807, 2.05) is 27.7 Å². The molecule has 0 aromatic carbocycles. The van der Waals surface area contributed by atoms with Crippen molar-refractivity contribution in [1.82, 2.24) is 9.62 Å². The van der Waals surface area contributed by atoms with Gasteiger partial charge < -0.3 is 10.1 Å². The van der Waals surface area contributed by atoms with Gasteiger partial charge in [-0.1, -0.05) is 25.5 Å². The fourth-order valence-corrected chi connectivity index (χ4v) is 5.24. The maximum absolute atomic E-state index is 12.5. The molecule has 144 valence electrons. The van der Waals surface area contributed by atoms with Gasteiger partial charge >= 0.3 is 0 Å². The SMILES string of the molecule is CC(C)=C[C@@H]1[C@H](C(=O)NCCS(=O)(=O)N2C[C@@H](C)O[C@H](C)C2)C1(C)C. The summed E-state index contributed by atoms with van der Waals surface area (Å²) in [5.41, 5.74) is 1.14. The zero-order valence-electron chi connectivity index (χ0n) is 16.2. The van der Waals surface area contributed by atoms with Crippen LogP contribution in [-0.2, 0) is 19.6 Å². The molecule has 0 bridgehead atoms. The number of carbonyl (C=O) groups excluding carboxylic acids is 1. The number of nitrogens with zero attached hydrogens (tertiary/aromatic N) is 1. The first kappa shape index (κ1) is 20.4. The van der Waals surface area contributed by atoms with Crippen LogP contribution in [0.2, 0.25) is 0 Å². The highest BCUT2D eigenvalue weighted by Gasteiger charge is 2.60. The summed E-state index contributed by atoms with van der Waals surface area (Å²) in [6.45, 7) is 12.9. The second-order valence-electron chi connectivity index (χ2n) is 8.25. The van der Waals surface area contributed by atoms with Crippen LogP contribution in [0.15, 0.2) is 11.6 Å². The molecule has 1 N–H and O–H groups in total. The van der Waals surface area contributed by atoms with Crippen molar-refractivity contribution >= 4 is 15.9 Å². The van der Waals surface area contributed by atoms with E-state index in [2.05, 4.69) is 25.2 Å². The van der Waals surface area contributed by atoms with E-state index < -0.39 is 10.0 Å². The second-order valence-corrected chi connectivity index (χ2v) is 10.3. The number of hydrogen-bond acceptors (Lipinski definition) is 4. The molecule has 0 aromatic rings. The third-order valence-corrected chi connectivity index (χ3v) is 6.95. The lowest BCUT2D eigenvalue weighted by molar-refractivity contribution is -0.123. The molecule has 2 rings (SSSR count). The smallest absolute Gasteiger partial charge is 0.224 e. The maximum atomic E-state index is 12.5. The van der Waals surface area contributed by atoms with Gasteiger partial charge in [-0.05, 0) is 39.0 Å². The molecule has 0 spiro atoms. The van der Waals surface area contributed by atoms with Crippen molar-refractivity contribution in [2.24, 2.45) is 17.3 Å². The third kappa shape index (κ3) is 4.83. The van der Waals surface area contributed by atoms with E-state index in [0.717, 1.165) is 0 Å². The molecule has 1 aliphatic heterocycles. The minimum Gasteiger partial charge on any atom is -0.373 e. The van der Waals surface area contributed by atoms with Crippen LogP contribution in [0.25, 0.3) is 0 Å². The number of ether oxygens (including phenoxy) is 1. The van der Waals surface area contributed by atoms with Gasteiger partial charge in [-0.15, -0.1) is 0 Å². The Labute approximate surface area is 152 Å². The zero-order chi connectivity index (χ0) is 19.0. The van der Waals surface area contributed by atoms with Crippen molar-refractivity contribution in [1.29, 1.82) is 0 Å². The minimum atomic E-state index is -3.38. The van der Waals surface area contributed by atoms with Gasteiger partial charge in [0.15, 0.2) is 0 Å². The van der Waals surface area contributed by atoms with Crippen LogP contribution < -0.4 is 5.32 Å². The summed E-state index contributed by atoms with van der Waals surface area (Å²) in [6, 6.07) is 0. The Hall–Kier alpha value is -0.920. The first-order valence-corrected chi connectivity index (χ1v) is 10.6. The number of rotatable bonds is 6. The first-order valence-electron chi connectivity index (χ1n) is 9.01. The normalized spacial score (nSPS) is 32.1. The number of sulfonamides is 1. The van der Waals surface area contributed by atoms with E-state index in [1.165, 1.54) is 9.88 Å². The van der Waals surface area contributed by atoms with Gasteiger partial charge in [-0.3, -0.25) is 4.79 Å². The van der Waals surface area contributed by atoms with E-state index in [1.54, 1.807) is 0 Å². The van der Waals surface area contributed by atoms with Crippen molar-refractivity contribution in [3.63, 3.8) is 0 Å². The topological polar surface area (TPSA) is 75.7 Å². The highest BCUT2D eigenvalue weighted by Crippen LogP contribution is 2.59. The van der Waals surface area contributed by atoms with Crippen molar-refractivity contribution in [3.8, 4) is 0 Å². The summed E-state index contributed by atoms with van der Waals surface area (Å²) >= 11 is 0. The molecule has 0 aromatic heterocycles. The number of morpholine rings is 1. The molecule has 7 heteroatoms. The lowest BCUT2D eigenvalue weighted by Crippen LogP contribution is -2.49. The van der Waals surface area contributed by atoms with E-state index in [4.69, 9.17) is 4.74 Å². The summed E-state index contributed by atoms with van der Waals surface area (Å²) in [4.78, 5) is 12.4. The lowest BCUT2D eigenvalue weighted by atomic mass is 10.1. The summed E-state index contributed by atoms with van der Waals surface area (Å²) < 4.78 is 32.0. The molecule has 1 saturated heterocycles. The third-order valence-electron chi connectivity index (χ3n) is 5.14. The second kappa shape index (κ2) is 7.37. The lowest BCUT2D eigenvalue weighted by Gasteiger charge is -2.34. The Morgan fingerprint density at radius 2 is 1.80 bits per heavy atom. The van der Waals surface area contributed by atoms with Crippen molar-refractivity contribution in [2.75, 3.05) is 25.4 Å². The average Bonchev–Trinajstić information content (AvgIpc) is 2.97. The fraction of sp³-hybridized carbons (Fsp3) is 0.833. The average molecular weight is 373 g/mol. The van der Waals surface area contributed by atoms with Crippen LogP contribution in [0.1, 0.15) is 41.5 Å². The molecule has 6 nitrogen and oxygen atoms in total. The monoisotopic (exact) mass is 372 g/mol. The standard InChI is InChI=1S/C18H32N2O4S/c1-12(2)9-15-16(18(15,5)6)17(21)19-7-8-25(22,23)20-10-13(3)24-14(4)11-20/h9,13-16H,7-8,10-11H2,1-6H3,(H,19,21)/t13-,14-,15-,16-/m1/s1. The number of amides is 1. The van der Waals surface area contributed by atoms with Crippen molar-refractivity contribution in [3.05, 3.63) is 11.6 Å². The Kier molecular flexibility index (Phi) is 6.01. The molecule has 2 aliphatic rings. The molecule has 25 heavy (non-hydrogen) atoms. The van der Waals surface area contributed by atoms with E-state index in [9.17, 15) is 13.2 Å². The van der Waals surface area contributed by atoms with Crippen LogP contribution in [0.4, 0.5) is 0 Å². The number of hydrogen-bond donors (Lipinski definition) is 1. The molecule has 1 saturated carbocycles. The molecule has 1 heterocycles. The molecule has 4 atom stereocenters. The maximum Gasteiger partial charge on any atom is 0.224 e. The summed E-state index contributed by atoms with van der Waals surface area (Å²) in [7, 11) is -3.38. The molecular weight excluding hydrogens is 340 g/mol. The predicted octanol–water partition coefficient (Wildman–Crippen LogP) is 1.78. The zero-order valence-corrected chi connectivity index (χ0v) is 17.0. The quantitative estimate of drug-likeness (QED) is 0.721. The van der Waals surface area contributed by atoms with E-state index >= 15 is 0 Å². The predicted molar refractivity (Wildman–Crippen MR) is 98.6 cm³/mol. The van der Waals surface area contributed by atoms with Crippen LogP contribution >= 0.6 is 0 Å². The van der Waals surface area contributed by atoms with Crippen molar-refractivity contribution < 1.29 is 17.9 Å². The van der Waals surface area contributed by atoms with Gasteiger partial charge in [0.05, 0.1) is 23.9 Å². The molecular formula is C18H32N2O4S. The summed E-state index contributed by atoms with van der Waals surface area (Å²) in [5, 5.41) is 2.82. The Morgan fingerprint density at radius 1 is 1.24 bits per heavy atom. The molecule has 0 unspecified atom stereocenters. The van der Waals surface area contributed by atoms with Gasteiger partial charge in [0.2, 0.25) is 15.9 Å². The van der Waals surface area contributed by atoms with E-state index in [-0.39, 0.29) is 47.7 Å². The Balaban J connectivity index is 1.86. The molecule has 0 radical (unpaired) electrons. The first-order chi connectivity index (χ1) is 11.4. The minimum absolute atomic E-state index is 0.0496. The van der Waals surface area contributed by atoms with Gasteiger partial charge in [0.1, 0.15) is 0 Å². The Morgan fingerprint density at radius 3 is 2.32 bits per heavy atom.